The van der Waals surface area contributed by atoms with Gasteiger partial charge >= 0.3 is 0 Å². The van der Waals surface area contributed by atoms with Crippen molar-refractivity contribution in [2.75, 3.05) is 13.1 Å². The molecule has 1 amide bonds. The normalized spacial score (nSPS) is 17.2. The van der Waals surface area contributed by atoms with E-state index in [2.05, 4.69) is 9.97 Å². The molecule has 0 saturated carbocycles. The standard InChI is InChI=1S/C19H17N3O2/c23-19(15-6-2-9-20-12-15)22-11-8-16(13-22)24-17-7-1-4-14-5-3-10-21-18(14)17/h1-7,9-10,12,16H,8,11,13H2/t16-/m1/s1. The summed E-state index contributed by atoms with van der Waals surface area (Å²) in [6, 6.07) is 13.4. The average molecular weight is 319 g/mol. The molecule has 24 heavy (non-hydrogen) atoms. The second-order valence-electron chi connectivity index (χ2n) is 5.85. The maximum atomic E-state index is 12.5. The lowest BCUT2D eigenvalue weighted by Gasteiger charge is -2.17. The van der Waals surface area contributed by atoms with Gasteiger partial charge in [-0.2, -0.15) is 0 Å². The van der Waals surface area contributed by atoms with Crippen molar-refractivity contribution in [3.8, 4) is 5.75 Å². The summed E-state index contributed by atoms with van der Waals surface area (Å²) in [5, 5.41) is 1.05. The summed E-state index contributed by atoms with van der Waals surface area (Å²) >= 11 is 0. The number of carbonyl (C=O) groups is 1. The minimum atomic E-state index is -0.0155. The van der Waals surface area contributed by atoms with E-state index >= 15 is 0 Å². The molecule has 5 heteroatoms. The highest BCUT2D eigenvalue weighted by Gasteiger charge is 2.28. The van der Waals surface area contributed by atoms with Crippen molar-refractivity contribution in [3.05, 3.63) is 66.6 Å². The number of benzene rings is 1. The number of fused-ring (bicyclic) bond motifs is 1. The van der Waals surface area contributed by atoms with Crippen LogP contribution in [-0.2, 0) is 0 Å². The summed E-state index contributed by atoms with van der Waals surface area (Å²) in [6.45, 7) is 1.27. The molecule has 1 aliphatic rings. The molecule has 3 aromatic rings. The van der Waals surface area contributed by atoms with Crippen molar-refractivity contribution >= 4 is 16.8 Å². The van der Waals surface area contributed by atoms with Gasteiger partial charge in [-0.05, 0) is 24.3 Å². The van der Waals surface area contributed by atoms with E-state index in [1.165, 1.54) is 0 Å². The highest BCUT2D eigenvalue weighted by atomic mass is 16.5. The summed E-state index contributed by atoms with van der Waals surface area (Å²) in [7, 11) is 0. The molecule has 1 saturated heterocycles. The van der Waals surface area contributed by atoms with Crippen molar-refractivity contribution in [2.45, 2.75) is 12.5 Å². The van der Waals surface area contributed by atoms with Crippen LogP contribution in [0.3, 0.4) is 0 Å². The van der Waals surface area contributed by atoms with Crippen LogP contribution in [0.15, 0.2) is 61.1 Å². The molecule has 120 valence electrons. The topological polar surface area (TPSA) is 55.3 Å². The van der Waals surface area contributed by atoms with Gasteiger partial charge in [-0.3, -0.25) is 14.8 Å². The maximum Gasteiger partial charge on any atom is 0.255 e. The number of hydrogen-bond acceptors (Lipinski definition) is 4. The van der Waals surface area contributed by atoms with Crippen molar-refractivity contribution in [3.63, 3.8) is 0 Å². The first-order valence-corrected chi connectivity index (χ1v) is 8.01. The first kappa shape index (κ1) is 14.6. The number of hydrogen-bond donors (Lipinski definition) is 0. The molecule has 0 bridgehead atoms. The molecule has 0 N–H and O–H groups in total. The number of amides is 1. The van der Waals surface area contributed by atoms with Crippen LogP contribution in [0, 0.1) is 0 Å². The van der Waals surface area contributed by atoms with Gasteiger partial charge in [0.15, 0.2) is 0 Å². The summed E-state index contributed by atoms with van der Waals surface area (Å²) in [5.41, 5.74) is 1.47. The Morgan fingerprint density at radius 2 is 2.00 bits per heavy atom. The zero-order valence-electron chi connectivity index (χ0n) is 13.1. The molecule has 1 fully saturated rings. The fraction of sp³-hybridized carbons (Fsp3) is 0.211. The quantitative estimate of drug-likeness (QED) is 0.745. The number of rotatable bonds is 3. The van der Waals surface area contributed by atoms with E-state index in [-0.39, 0.29) is 12.0 Å². The third kappa shape index (κ3) is 2.80. The average Bonchev–Trinajstić information content (AvgIpc) is 3.11. The first-order valence-electron chi connectivity index (χ1n) is 8.01. The molecule has 4 rings (SSSR count). The van der Waals surface area contributed by atoms with Crippen LogP contribution in [0.5, 0.6) is 5.75 Å². The van der Waals surface area contributed by atoms with Crippen LogP contribution in [0.1, 0.15) is 16.8 Å². The van der Waals surface area contributed by atoms with E-state index in [0.717, 1.165) is 23.1 Å². The van der Waals surface area contributed by atoms with Gasteiger partial charge in [-0.15, -0.1) is 0 Å². The van der Waals surface area contributed by atoms with E-state index in [0.29, 0.717) is 18.7 Å². The smallest absolute Gasteiger partial charge is 0.255 e. The Kier molecular flexibility index (Phi) is 3.83. The van der Waals surface area contributed by atoms with Gasteiger partial charge in [0.05, 0.1) is 12.1 Å². The highest BCUT2D eigenvalue weighted by molar-refractivity contribution is 5.94. The largest absolute Gasteiger partial charge is 0.486 e. The van der Waals surface area contributed by atoms with Gasteiger partial charge in [-0.1, -0.05) is 18.2 Å². The van der Waals surface area contributed by atoms with Crippen molar-refractivity contribution in [1.29, 1.82) is 0 Å². The van der Waals surface area contributed by atoms with Gasteiger partial charge in [0.1, 0.15) is 17.4 Å². The van der Waals surface area contributed by atoms with Gasteiger partial charge < -0.3 is 9.64 Å². The number of nitrogens with zero attached hydrogens (tertiary/aromatic N) is 3. The van der Waals surface area contributed by atoms with Gasteiger partial charge in [0.2, 0.25) is 0 Å². The third-order valence-electron chi connectivity index (χ3n) is 4.23. The zero-order valence-corrected chi connectivity index (χ0v) is 13.1. The lowest BCUT2D eigenvalue weighted by molar-refractivity contribution is 0.0772. The van der Waals surface area contributed by atoms with E-state index in [4.69, 9.17) is 4.74 Å². The molecule has 0 spiro atoms. The number of ether oxygens (including phenoxy) is 1. The molecular weight excluding hydrogens is 302 g/mol. The molecule has 1 atom stereocenters. The van der Waals surface area contributed by atoms with Crippen LogP contribution in [0.25, 0.3) is 10.9 Å². The second-order valence-corrected chi connectivity index (χ2v) is 5.85. The molecular formula is C19H17N3O2. The zero-order chi connectivity index (χ0) is 16.4. The maximum absolute atomic E-state index is 12.5. The SMILES string of the molecule is O=C(c1cccnc1)N1CC[C@@H](Oc2cccc3cccnc23)C1. The monoisotopic (exact) mass is 319 g/mol. The summed E-state index contributed by atoms with van der Waals surface area (Å²) in [6.07, 6.45) is 5.83. The molecule has 2 aromatic heterocycles. The molecule has 0 radical (unpaired) electrons. The lowest BCUT2D eigenvalue weighted by atomic mass is 10.2. The lowest BCUT2D eigenvalue weighted by Crippen LogP contribution is -2.31. The fourth-order valence-electron chi connectivity index (χ4n) is 3.03. The van der Waals surface area contributed by atoms with Crippen molar-refractivity contribution in [2.24, 2.45) is 0 Å². The molecule has 1 aliphatic heterocycles. The summed E-state index contributed by atoms with van der Waals surface area (Å²) in [5.74, 6) is 0.777. The van der Waals surface area contributed by atoms with E-state index in [9.17, 15) is 4.79 Å². The Labute approximate surface area is 139 Å². The number of aromatic nitrogens is 2. The number of pyridine rings is 2. The Bertz CT molecular complexity index is 861. The van der Waals surface area contributed by atoms with Crippen molar-refractivity contribution in [1.82, 2.24) is 14.9 Å². The van der Waals surface area contributed by atoms with Crippen LogP contribution in [-0.4, -0.2) is 40.0 Å². The van der Waals surface area contributed by atoms with E-state index in [1.54, 1.807) is 30.7 Å². The van der Waals surface area contributed by atoms with Crippen LogP contribution in [0.4, 0.5) is 0 Å². The molecule has 0 unspecified atom stereocenters. The summed E-state index contributed by atoms with van der Waals surface area (Å²) in [4.78, 5) is 22.7. The van der Waals surface area contributed by atoms with Gasteiger partial charge in [-0.25, -0.2) is 0 Å². The van der Waals surface area contributed by atoms with Crippen molar-refractivity contribution < 1.29 is 9.53 Å². The predicted octanol–water partition coefficient (Wildman–Crippen LogP) is 2.92. The molecule has 0 aliphatic carbocycles. The fourth-order valence-corrected chi connectivity index (χ4v) is 3.03. The Balaban J connectivity index is 1.48. The second kappa shape index (κ2) is 6.28. The molecule has 5 nitrogen and oxygen atoms in total. The van der Waals surface area contributed by atoms with Gasteiger partial charge in [0.25, 0.3) is 5.91 Å². The minimum absolute atomic E-state index is 0.00486. The number of carbonyl (C=O) groups excluding carboxylic acids is 1. The van der Waals surface area contributed by atoms with E-state index < -0.39 is 0 Å². The van der Waals surface area contributed by atoms with E-state index in [1.807, 2.05) is 35.2 Å². The van der Waals surface area contributed by atoms with Crippen LogP contribution in [0.2, 0.25) is 0 Å². The first-order chi connectivity index (χ1) is 11.8. The minimum Gasteiger partial charge on any atom is -0.486 e. The van der Waals surface area contributed by atoms with Gasteiger partial charge in [0, 0.05) is 36.9 Å². The molecule has 3 heterocycles. The summed E-state index contributed by atoms with van der Waals surface area (Å²) < 4.78 is 6.13. The van der Waals surface area contributed by atoms with Crippen LogP contribution >= 0.6 is 0 Å². The predicted molar refractivity (Wildman–Crippen MR) is 90.9 cm³/mol. The Hall–Kier alpha value is -2.95. The third-order valence-corrected chi connectivity index (χ3v) is 4.23. The van der Waals surface area contributed by atoms with Crippen LogP contribution < -0.4 is 4.74 Å². The Morgan fingerprint density at radius 1 is 1.12 bits per heavy atom. The number of para-hydroxylation sites is 1. The Morgan fingerprint density at radius 3 is 2.88 bits per heavy atom. The molecule has 1 aromatic carbocycles. The highest BCUT2D eigenvalue weighted by Crippen LogP contribution is 2.26. The number of likely N-dealkylation sites (tertiary alicyclic amines) is 1.